The fourth-order valence-electron chi connectivity index (χ4n) is 3.08. The van der Waals surface area contributed by atoms with Crippen molar-refractivity contribution in [2.45, 2.75) is 45.6 Å². The number of nitrogens with zero attached hydrogens (tertiary/aromatic N) is 2. The van der Waals surface area contributed by atoms with Crippen LogP contribution < -0.4 is 10.6 Å². The van der Waals surface area contributed by atoms with Crippen LogP contribution >= 0.6 is 0 Å². The number of nitrogens with one attached hydrogen (secondary N) is 2. The molecule has 1 heterocycles. The monoisotopic (exact) mass is 392 g/mol. The smallest absolute Gasteiger partial charge is 0.410 e. The molecule has 1 aromatic rings. The second-order valence-electron chi connectivity index (χ2n) is 8.17. The Kier molecular flexibility index (Phi) is 8.08. The molecule has 1 aliphatic heterocycles. The van der Waals surface area contributed by atoms with Crippen molar-refractivity contribution in [3.05, 3.63) is 35.6 Å². The Bertz CT molecular complexity index is 647. The zero-order chi connectivity index (χ0) is 20.6. The Morgan fingerprint density at radius 1 is 1.21 bits per heavy atom. The molecule has 1 aliphatic rings. The van der Waals surface area contributed by atoms with E-state index in [1.54, 1.807) is 24.1 Å². The number of hydrogen-bond acceptors (Lipinski definition) is 3. The van der Waals surface area contributed by atoms with Gasteiger partial charge in [0.2, 0.25) is 0 Å². The van der Waals surface area contributed by atoms with Gasteiger partial charge in [-0.15, -0.1) is 0 Å². The zero-order valence-electron chi connectivity index (χ0n) is 17.4. The molecular weight excluding hydrogens is 359 g/mol. The van der Waals surface area contributed by atoms with Crippen LogP contribution in [0.25, 0.3) is 0 Å². The average molecular weight is 393 g/mol. The van der Waals surface area contributed by atoms with E-state index >= 15 is 0 Å². The van der Waals surface area contributed by atoms with E-state index in [0.29, 0.717) is 5.92 Å². The lowest BCUT2D eigenvalue weighted by atomic mass is 9.97. The molecule has 1 amide bonds. The first kappa shape index (κ1) is 22.0. The number of guanidine groups is 1. The first-order chi connectivity index (χ1) is 13.3. The highest BCUT2D eigenvalue weighted by Crippen LogP contribution is 2.19. The quantitative estimate of drug-likeness (QED) is 0.597. The molecule has 2 N–H and O–H groups in total. The number of benzene rings is 1. The summed E-state index contributed by atoms with van der Waals surface area (Å²) in [7, 11) is 1.75. The van der Waals surface area contributed by atoms with E-state index in [-0.39, 0.29) is 11.9 Å². The van der Waals surface area contributed by atoms with E-state index < -0.39 is 5.60 Å². The number of hydrogen-bond donors (Lipinski definition) is 2. The summed E-state index contributed by atoms with van der Waals surface area (Å²) in [5, 5.41) is 6.65. The number of amides is 1. The van der Waals surface area contributed by atoms with Gasteiger partial charge in [0.1, 0.15) is 11.4 Å². The summed E-state index contributed by atoms with van der Waals surface area (Å²) in [6.07, 6.45) is 2.46. The van der Waals surface area contributed by atoms with E-state index in [0.717, 1.165) is 57.0 Å². The molecule has 156 valence electrons. The van der Waals surface area contributed by atoms with Gasteiger partial charge in [-0.2, -0.15) is 0 Å². The molecule has 7 heteroatoms. The van der Waals surface area contributed by atoms with Gasteiger partial charge in [0, 0.05) is 33.2 Å². The van der Waals surface area contributed by atoms with Crippen LogP contribution in [0, 0.1) is 11.7 Å². The summed E-state index contributed by atoms with van der Waals surface area (Å²) in [5.41, 5.74) is 0.626. The predicted octanol–water partition coefficient (Wildman–Crippen LogP) is 3.18. The van der Waals surface area contributed by atoms with Gasteiger partial charge >= 0.3 is 6.09 Å². The standard InChI is InChI=1S/C21H33FN4O2/c1-21(2,3)28-20(27)26-13-10-17(11-14-26)15-25-19(23-4)24-12-9-16-5-7-18(22)8-6-16/h5-8,17H,9-15H2,1-4H3,(H2,23,24,25). The van der Waals surface area contributed by atoms with E-state index in [1.807, 2.05) is 20.8 Å². The van der Waals surface area contributed by atoms with Crippen LogP contribution in [0.5, 0.6) is 0 Å². The van der Waals surface area contributed by atoms with E-state index in [4.69, 9.17) is 4.74 Å². The van der Waals surface area contributed by atoms with Crippen LogP contribution in [0.3, 0.4) is 0 Å². The van der Waals surface area contributed by atoms with Crippen molar-refractivity contribution in [1.29, 1.82) is 0 Å². The first-order valence-corrected chi connectivity index (χ1v) is 9.94. The minimum Gasteiger partial charge on any atom is -0.444 e. The molecule has 2 rings (SSSR count). The molecule has 0 spiro atoms. The van der Waals surface area contributed by atoms with Crippen molar-refractivity contribution in [2.75, 3.05) is 33.2 Å². The molecule has 1 fully saturated rings. The Morgan fingerprint density at radius 2 is 1.86 bits per heavy atom. The Morgan fingerprint density at radius 3 is 2.43 bits per heavy atom. The van der Waals surface area contributed by atoms with Crippen LogP contribution in [0.4, 0.5) is 9.18 Å². The molecule has 0 saturated carbocycles. The summed E-state index contributed by atoms with van der Waals surface area (Å²) in [6.45, 7) is 8.64. The lowest BCUT2D eigenvalue weighted by molar-refractivity contribution is 0.0185. The number of halogens is 1. The van der Waals surface area contributed by atoms with Crippen LogP contribution in [-0.4, -0.2) is 55.8 Å². The molecule has 1 aromatic carbocycles. The maximum atomic E-state index is 12.9. The van der Waals surface area contributed by atoms with Crippen molar-refractivity contribution < 1.29 is 13.9 Å². The van der Waals surface area contributed by atoms with Crippen molar-refractivity contribution in [1.82, 2.24) is 15.5 Å². The van der Waals surface area contributed by atoms with Crippen LogP contribution in [0.1, 0.15) is 39.2 Å². The summed E-state index contributed by atoms with van der Waals surface area (Å²) >= 11 is 0. The van der Waals surface area contributed by atoms with Gasteiger partial charge in [-0.05, 0) is 63.6 Å². The summed E-state index contributed by atoms with van der Waals surface area (Å²) in [4.78, 5) is 18.2. The average Bonchev–Trinajstić information content (AvgIpc) is 2.65. The summed E-state index contributed by atoms with van der Waals surface area (Å²) in [6, 6.07) is 6.55. The fourth-order valence-corrected chi connectivity index (χ4v) is 3.08. The maximum Gasteiger partial charge on any atom is 0.410 e. The van der Waals surface area contributed by atoms with Crippen LogP contribution in [-0.2, 0) is 11.2 Å². The van der Waals surface area contributed by atoms with Crippen molar-refractivity contribution in [3.63, 3.8) is 0 Å². The lowest BCUT2D eigenvalue weighted by Crippen LogP contribution is -2.45. The Balaban J connectivity index is 1.66. The van der Waals surface area contributed by atoms with Crippen molar-refractivity contribution in [3.8, 4) is 0 Å². The molecule has 0 aliphatic carbocycles. The number of carbonyl (C=O) groups excluding carboxylic acids is 1. The van der Waals surface area contributed by atoms with Gasteiger partial charge < -0.3 is 20.3 Å². The number of likely N-dealkylation sites (tertiary alicyclic amines) is 1. The van der Waals surface area contributed by atoms with Gasteiger partial charge in [-0.1, -0.05) is 12.1 Å². The third-order valence-corrected chi connectivity index (χ3v) is 4.67. The molecule has 0 radical (unpaired) electrons. The second-order valence-corrected chi connectivity index (χ2v) is 8.17. The Hall–Kier alpha value is -2.31. The van der Waals surface area contributed by atoms with Gasteiger partial charge in [0.05, 0.1) is 0 Å². The zero-order valence-corrected chi connectivity index (χ0v) is 17.4. The topological polar surface area (TPSA) is 66.0 Å². The van der Waals surface area contributed by atoms with E-state index in [9.17, 15) is 9.18 Å². The predicted molar refractivity (Wildman–Crippen MR) is 110 cm³/mol. The number of carbonyl (C=O) groups is 1. The minimum atomic E-state index is -0.457. The first-order valence-electron chi connectivity index (χ1n) is 9.94. The highest BCUT2D eigenvalue weighted by Gasteiger charge is 2.26. The molecule has 0 atom stereocenters. The SMILES string of the molecule is CN=C(NCCc1ccc(F)cc1)NCC1CCN(C(=O)OC(C)(C)C)CC1. The van der Waals surface area contributed by atoms with Crippen LogP contribution in [0.15, 0.2) is 29.3 Å². The third-order valence-electron chi connectivity index (χ3n) is 4.67. The van der Waals surface area contributed by atoms with Gasteiger partial charge in [-0.3, -0.25) is 4.99 Å². The molecular formula is C21H33FN4O2. The highest BCUT2D eigenvalue weighted by atomic mass is 19.1. The fraction of sp³-hybridized carbons (Fsp3) is 0.619. The number of piperidine rings is 1. The maximum absolute atomic E-state index is 12.9. The number of ether oxygens (including phenoxy) is 1. The molecule has 1 saturated heterocycles. The normalized spacial score (nSPS) is 16.0. The highest BCUT2D eigenvalue weighted by molar-refractivity contribution is 5.79. The molecule has 0 bridgehead atoms. The Labute approximate surface area is 167 Å². The molecule has 6 nitrogen and oxygen atoms in total. The van der Waals surface area contributed by atoms with Gasteiger partial charge in [-0.25, -0.2) is 9.18 Å². The van der Waals surface area contributed by atoms with Gasteiger partial charge in [0.15, 0.2) is 5.96 Å². The molecule has 28 heavy (non-hydrogen) atoms. The third kappa shape index (κ3) is 7.74. The van der Waals surface area contributed by atoms with E-state index in [2.05, 4.69) is 15.6 Å². The van der Waals surface area contributed by atoms with Crippen molar-refractivity contribution >= 4 is 12.1 Å². The van der Waals surface area contributed by atoms with Crippen molar-refractivity contribution in [2.24, 2.45) is 10.9 Å². The molecule has 0 unspecified atom stereocenters. The minimum absolute atomic E-state index is 0.216. The second kappa shape index (κ2) is 10.3. The summed E-state index contributed by atoms with van der Waals surface area (Å²) in [5.74, 6) is 1.04. The number of rotatable bonds is 5. The summed E-state index contributed by atoms with van der Waals surface area (Å²) < 4.78 is 18.4. The van der Waals surface area contributed by atoms with E-state index in [1.165, 1.54) is 12.1 Å². The largest absolute Gasteiger partial charge is 0.444 e. The van der Waals surface area contributed by atoms with Crippen LogP contribution in [0.2, 0.25) is 0 Å². The number of aliphatic imine (C=N–C) groups is 1. The molecule has 0 aromatic heterocycles. The van der Waals surface area contributed by atoms with Gasteiger partial charge in [0.25, 0.3) is 0 Å². The lowest BCUT2D eigenvalue weighted by Gasteiger charge is -2.33.